The molecule has 1 aromatic carbocycles. The molecule has 0 saturated carbocycles. The van der Waals surface area contributed by atoms with Crippen molar-refractivity contribution in [1.29, 1.82) is 0 Å². The number of hydrogen-bond donors (Lipinski definition) is 3. The fraction of sp³-hybridized carbons (Fsp3) is 0.562. The minimum absolute atomic E-state index is 0.114. The molecule has 0 aliphatic carbocycles. The van der Waals surface area contributed by atoms with E-state index >= 15 is 0 Å². The number of carbonyl (C=O) groups excluding carboxylic acids is 1. The number of benzene rings is 1. The molecule has 3 N–H and O–H groups in total. The van der Waals surface area contributed by atoms with Crippen LogP contribution in [0.3, 0.4) is 0 Å². The zero-order valence-electron chi connectivity index (χ0n) is 13.5. The minimum Gasteiger partial charge on any atom is -0.396 e. The summed E-state index contributed by atoms with van der Waals surface area (Å²) in [5, 5.41) is 14.2. The summed E-state index contributed by atoms with van der Waals surface area (Å²) < 4.78 is 13.9. The molecule has 5 nitrogen and oxygen atoms in total. The van der Waals surface area contributed by atoms with Crippen molar-refractivity contribution in [3.05, 3.63) is 35.1 Å². The molecule has 2 amide bonds. The third-order valence-electron chi connectivity index (χ3n) is 3.29. The van der Waals surface area contributed by atoms with Crippen LogP contribution in [0.25, 0.3) is 0 Å². The Kier molecular flexibility index (Phi) is 7.84. The fourth-order valence-corrected chi connectivity index (χ4v) is 2.00. The van der Waals surface area contributed by atoms with Crippen LogP contribution >= 0.6 is 0 Å². The van der Waals surface area contributed by atoms with Crippen LogP contribution in [0.2, 0.25) is 0 Å². The Balaban J connectivity index is 2.41. The summed E-state index contributed by atoms with van der Waals surface area (Å²) in [5.41, 5.74) is 1.36. The van der Waals surface area contributed by atoms with Gasteiger partial charge in [0.2, 0.25) is 0 Å². The zero-order chi connectivity index (χ0) is 16.5. The van der Waals surface area contributed by atoms with Crippen molar-refractivity contribution < 1.29 is 14.3 Å². The number of amides is 2. The highest BCUT2D eigenvalue weighted by atomic mass is 19.1. The average molecular weight is 311 g/mol. The van der Waals surface area contributed by atoms with Gasteiger partial charge in [0.1, 0.15) is 5.82 Å². The van der Waals surface area contributed by atoms with Crippen molar-refractivity contribution in [2.45, 2.75) is 26.4 Å². The van der Waals surface area contributed by atoms with Crippen molar-refractivity contribution >= 4 is 6.03 Å². The summed E-state index contributed by atoms with van der Waals surface area (Å²) in [6, 6.07) is 4.72. The Labute approximate surface area is 131 Å². The van der Waals surface area contributed by atoms with E-state index in [1.54, 1.807) is 6.07 Å². The molecule has 0 saturated heterocycles. The molecule has 0 fully saturated rings. The van der Waals surface area contributed by atoms with E-state index in [2.05, 4.69) is 10.6 Å². The highest BCUT2D eigenvalue weighted by Crippen LogP contribution is 2.12. The van der Waals surface area contributed by atoms with Crippen LogP contribution in [-0.2, 0) is 13.1 Å². The van der Waals surface area contributed by atoms with Crippen molar-refractivity contribution in [3.8, 4) is 0 Å². The molecule has 0 spiro atoms. The predicted octanol–water partition coefficient (Wildman–Crippen LogP) is 1.70. The minimum atomic E-state index is -0.289. The van der Waals surface area contributed by atoms with E-state index < -0.39 is 0 Å². The Morgan fingerprint density at radius 3 is 2.68 bits per heavy atom. The van der Waals surface area contributed by atoms with Crippen LogP contribution in [0, 0.1) is 11.7 Å². The van der Waals surface area contributed by atoms with Crippen LogP contribution in [0.15, 0.2) is 18.2 Å². The van der Waals surface area contributed by atoms with Crippen molar-refractivity contribution in [3.63, 3.8) is 0 Å². The van der Waals surface area contributed by atoms with E-state index in [4.69, 9.17) is 5.11 Å². The molecule has 124 valence electrons. The lowest BCUT2D eigenvalue weighted by Gasteiger charge is -2.13. The van der Waals surface area contributed by atoms with E-state index in [0.29, 0.717) is 25.1 Å². The van der Waals surface area contributed by atoms with Gasteiger partial charge in [0.15, 0.2) is 0 Å². The van der Waals surface area contributed by atoms with Crippen molar-refractivity contribution in [2.24, 2.45) is 5.92 Å². The van der Waals surface area contributed by atoms with Gasteiger partial charge >= 0.3 is 6.03 Å². The highest BCUT2D eigenvalue weighted by molar-refractivity contribution is 5.73. The summed E-state index contributed by atoms with van der Waals surface area (Å²) in [7, 11) is 3.77. The van der Waals surface area contributed by atoms with Crippen molar-refractivity contribution in [2.75, 3.05) is 27.2 Å². The summed E-state index contributed by atoms with van der Waals surface area (Å²) in [6.45, 7) is 3.39. The maximum atomic E-state index is 13.9. The number of urea groups is 1. The number of nitrogens with zero attached hydrogens (tertiary/aromatic N) is 1. The van der Waals surface area contributed by atoms with E-state index in [1.165, 1.54) is 6.07 Å². The normalized spacial score (nSPS) is 12.3. The smallest absolute Gasteiger partial charge is 0.315 e. The molecule has 0 aromatic heterocycles. The van der Waals surface area contributed by atoms with E-state index in [0.717, 1.165) is 5.56 Å². The Morgan fingerprint density at radius 2 is 2.09 bits per heavy atom. The van der Waals surface area contributed by atoms with Gasteiger partial charge in [-0.25, -0.2) is 9.18 Å². The number of halogens is 1. The first-order chi connectivity index (χ1) is 10.4. The van der Waals surface area contributed by atoms with Crippen LogP contribution in [0.4, 0.5) is 9.18 Å². The Bertz CT molecular complexity index is 480. The first kappa shape index (κ1) is 18.4. The molecule has 22 heavy (non-hydrogen) atoms. The van der Waals surface area contributed by atoms with Crippen LogP contribution in [-0.4, -0.2) is 43.3 Å². The molecule has 0 radical (unpaired) electrons. The molecule has 1 rings (SSSR count). The van der Waals surface area contributed by atoms with Gasteiger partial charge in [-0.2, -0.15) is 0 Å². The Hall–Kier alpha value is -1.66. The van der Waals surface area contributed by atoms with Crippen LogP contribution < -0.4 is 10.6 Å². The number of carbonyl (C=O) groups is 1. The summed E-state index contributed by atoms with van der Waals surface area (Å²) >= 11 is 0. The summed E-state index contributed by atoms with van der Waals surface area (Å²) in [6.07, 6.45) is 0.652. The lowest BCUT2D eigenvalue weighted by atomic mass is 10.1. The average Bonchev–Trinajstić information content (AvgIpc) is 2.45. The predicted molar refractivity (Wildman–Crippen MR) is 84.9 cm³/mol. The molecule has 1 atom stereocenters. The maximum Gasteiger partial charge on any atom is 0.315 e. The molecular formula is C16H26FN3O2. The van der Waals surface area contributed by atoms with Gasteiger partial charge in [0.25, 0.3) is 0 Å². The fourth-order valence-electron chi connectivity index (χ4n) is 2.00. The maximum absolute atomic E-state index is 13.9. The van der Waals surface area contributed by atoms with Gasteiger partial charge < -0.3 is 20.6 Å². The first-order valence-electron chi connectivity index (χ1n) is 7.47. The second kappa shape index (κ2) is 9.38. The lowest BCUT2D eigenvalue weighted by Crippen LogP contribution is -2.37. The van der Waals surface area contributed by atoms with E-state index in [9.17, 15) is 9.18 Å². The molecule has 1 unspecified atom stereocenters. The quantitative estimate of drug-likeness (QED) is 0.685. The molecule has 0 bridgehead atoms. The third kappa shape index (κ3) is 6.87. The van der Waals surface area contributed by atoms with Gasteiger partial charge in [-0.1, -0.05) is 19.1 Å². The van der Waals surface area contributed by atoms with Gasteiger partial charge in [0.05, 0.1) is 0 Å². The third-order valence-corrected chi connectivity index (χ3v) is 3.29. The van der Waals surface area contributed by atoms with Crippen molar-refractivity contribution in [1.82, 2.24) is 15.5 Å². The second-order valence-corrected chi connectivity index (χ2v) is 5.84. The summed E-state index contributed by atoms with van der Waals surface area (Å²) in [5.74, 6) is -0.0384. The van der Waals surface area contributed by atoms with Gasteiger partial charge in [-0.3, -0.25) is 0 Å². The standard InChI is InChI=1S/C16H26FN3O2/c1-12(6-7-21)9-18-16(22)19-10-13-4-5-14(11-20(2)3)15(17)8-13/h4-5,8,12,21H,6-7,9-11H2,1-3H3,(H2,18,19,22). The van der Waals surface area contributed by atoms with Crippen LogP contribution in [0.5, 0.6) is 0 Å². The monoisotopic (exact) mass is 311 g/mol. The zero-order valence-corrected chi connectivity index (χ0v) is 13.5. The topological polar surface area (TPSA) is 64.6 Å². The van der Waals surface area contributed by atoms with Gasteiger partial charge in [-0.15, -0.1) is 0 Å². The largest absolute Gasteiger partial charge is 0.396 e. The van der Waals surface area contributed by atoms with Gasteiger partial charge in [0, 0.05) is 31.8 Å². The SMILES string of the molecule is CC(CCO)CNC(=O)NCc1ccc(CN(C)C)c(F)c1. The highest BCUT2D eigenvalue weighted by Gasteiger charge is 2.07. The number of nitrogens with one attached hydrogen (secondary N) is 2. The lowest BCUT2D eigenvalue weighted by molar-refractivity contribution is 0.233. The second-order valence-electron chi connectivity index (χ2n) is 5.84. The molecular weight excluding hydrogens is 285 g/mol. The Morgan fingerprint density at radius 1 is 1.36 bits per heavy atom. The van der Waals surface area contributed by atoms with E-state index in [1.807, 2.05) is 32.0 Å². The summed E-state index contributed by atoms with van der Waals surface area (Å²) in [4.78, 5) is 13.5. The molecule has 1 aromatic rings. The molecule has 0 heterocycles. The molecule has 0 aliphatic heterocycles. The molecule has 6 heteroatoms. The van der Waals surface area contributed by atoms with Crippen LogP contribution in [0.1, 0.15) is 24.5 Å². The number of aliphatic hydroxyl groups is 1. The number of rotatable bonds is 8. The first-order valence-corrected chi connectivity index (χ1v) is 7.47. The number of hydrogen-bond acceptors (Lipinski definition) is 3. The molecule has 0 aliphatic rings. The number of aliphatic hydroxyl groups excluding tert-OH is 1. The van der Waals surface area contributed by atoms with Gasteiger partial charge in [-0.05, 0) is 38.1 Å². The van der Waals surface area contributed by atoms with E-state index in [-0.39, 0.29) is 30.9 Å².